The fourth-order valence-electron chi connectivity index (χ4n) is 2.36. The molecule has 160 valence electrons. The smallest absolute Gasteiger partial charge is 0.338 e. The average Bonchev–Trinajstić information content (AvgIpc) is 2.73. The SMILES string of the molecule is C=C(C)C(=O)Oc1ccc(-c2cc(OCCOC)c(OCCOC=O)cc2F)cc1. The van der Waals surface area contributed by atoms with Gasteiger partial charge >= 0.3 is 5.97 Å². The van der Waals surface area contributed by atoms with Crippen molar-refractivity contribution in [1.29, 1.82) is 0 Å². The molecule has 30 heavy (non-hydrogen) atoms. The number of carbonyl (C=O) groups is 2. The van der Waals surface area contributed by atoms with Crippen LogP contribution >= 0.6 is 0 Å². The monoisotopic (exact) mass is 418 g/mol. The molecule has 0 bridgehead atoms. The Bertz CT molecular complexity index is 878. The van der Waals surface area contributed by atoms with Gasteiger partial charge in [-0.2, -0.15) is 0 Å². The second kappa shape index (κ2) is 11.6. The molecule has 8 heteroatoms. The molecule has 2 aromatic rings. The minimum Gasteiger partial charge on any atom is -0.487 e. The van der Waals surface area contributed by atoms with Gasteiger partial charge in [-0.15, -0.1) is 0 Å². The van der Waals surface area contributed by atoms with Gasteiger partial charge in [-0.05, 0) is 30.7 Å². The number of methoxy groups -OCH3 is 1. The van der Waals surface area contributed by atoms with Crippen LogP contribution in [0, 0.1) is 5.82 Å². The highest BCUT2D eigenvalue weighted by atomic mass is 19.1. The highest BCUT2D eigenvalue weighted by Crippen LogP contribution is 2.36. The lowest BCUT2D eigenvalue weighted by molar-refractivity contribution is -0.130. The van der Waals surface area contributed by atoms with E-state index in [1.165, 1.54) is 19.2 Å². The molecule has 0 heterocycles. The first-order valence-electron chi connectivity index (χ1n) is 9.07. The predicted molar refractivity (Wildman–Crippen MR) is 107 cm³/mol. The first-order chi connectivity index (χ1) is 14.5. The zero-order valence-electron chi connectivity index (χ0n) is 16.8. The molecule has 0 atom stereocenters. The molecule has 2 rings (SSSR count). The van der Waals surface area contributed by atoms with Gasteiger partial charge < -0.3 is 23.7 Å². The van der Waals surface area contributed by atoms with Gasteiger partial charge in [0.05, 0.1) is 6.61 Å². The lowest BCUT2D eigenvalue weighted by atomic mass is 10.0. The van der Waals surface area contributed by atoms with Crippen molar-refractivity contribution in [2.45, 2.75) is 6.92 Å². The van der Waals surface area contributed by atoms with Gasteiger partial charge in [0.15, 0.2) is 11.5 Å². The van der Waals surface area contributed by atoms with Crippen LogP contribution in [0.3, 0.4) is 0 Å². The summed E-state index contributed by atoms with van der Waals surface area (Å²) in [4.78, 5) is 21.8. The Morgan fingerprint density at radius 3 is 2.27 bits per heavy atom. The van der Waals surface area contributed by atoms with Crippen LogP contribution in [0.25, 0.3) is 11.1 Å². The first-order valence-corrected chi connectivity index (χ1v) is 9.07. The van der Waals surface area contributed by atoms with Crippen LogP contribution in [0.1, 0.15) is 6.92 Å². The van der Waals surface area contributed by atoms with E-state index in [9.17, 15) is 14.0 Å². The Kier molecular flexibility index (Phi) is 8.83. The summed E-state index contributed by atoms with van der Waals surface area (Å²) in [6.07, 6.45) is 0. The first kappa shape index (κ1) is 22.9. The Morgan fingerprint density at radius 2 is 1.67 bits per heavy atom. The molecular formula is C22H23FO7. The van der Waals surface area contributed by atoms with E-state index >= 15 is 0 Å². The van der Waals surface area contributed by atoms with Crippen molar-refractivity contribution in [3.8, 4) is 28.4 Å². The molecule has 2 aromatic carbocycles. The summed E-state index contributed by atoms with van der Waals surface area (Å²) in [5, 5.41) is 0. The van der Waals surface area contributed by atoms with Crippen molar-refractivity contribution in [2.24, 2.45) is 0 Å². The summed E-state index contributed by atoms with van der Waals surface area (Å²) < 4.78 is 40.6. The van der Waals surface area contributed by atoms with Crippen LogP contribution in [0.15, 0.2) is 48.6 Å². The van der Waals surface area contributed by atoms with Crippen LogP contribution in [0.5, 0.6) is 17.2 Å². The molecule has 0 aliphatic heterocycles. The molecule has 0 spiro atoms. The number of benzene rings is 2. The molecule has 0 fully saturated rings. The summed E-state index contributed by atoms with van der Waals surface area (Å²) in [7, 11) is 1.54. The molecule has 0 aliphatic carbocycles. The number of ether oxygens (including phenoxy) is 5. The third-order valence-electron chi connectivity index (χ3n) is 3.83. The van der Waals surface area contributed by atoms with Gasteiger partial charge in [0, 0.05) is 24.3 Å². The van der Waals surface area contributed by atoms with E-state index in [4.69, 9.17) is 18.9 Å². The summed E-state index contributed by atoms with van der Waals surface area (Å²) in [6.45, 7) is 6.01. The van der Waals surface area contributed by atoms with Crippen LogP contribution in [0.2, 0.25) is 0 Å². The molecule has 0 saturated carbocycles. The topological polar surface area (TPSA) is 80.3 Å². The maximum absolute atomic E-state index is 14.8. The molecule has 7 nitrogen and oxygen atoms in total. The van der Waals surface area contributed by atoms with Gasteiger partial charge in [-0.1, -0.05) is 18.7 Å². The van der Waals surface area contributed by atoms with Gasteiger partial charge in [0.25, 0.3) is 6.47 Å². The molecule has 0 aromatic heterocycles. The van der Waals surface area contributed by atoms with Gasteiger partial charge in [0.2, 0.25) is 0 Å². The number of halogens is 1. The molecule has 0 N–H and O–H groups in total. The number of hydrogen-bond acceptors (Lipinski definition) is 7. The highest BCUT2D eigenvalue weighted by molar-refractivity contribution is 5.88. The quantitative estimate of drug-likeness (QED) is 0.171. The van der Waals surface area contributed by atoms with E-state index in [-0.39, 0.29) is 36.7 Å². The van der Waals surface area contributed by atoms with Crippen LogP contribution < -0.4 is 14.2 Å². The summed E-state index contributed by atoms with van der Waals surface area (Å²) in [6, 6.07) is 9.07. The van der Waals surface area contributed by atoms with Crippen molar-refractivity contribution >= 4 is 12.4 Å². The standard InChI is InChI=1S/C22H23FO7/c1-15(2)22(25)30-17-6-4-16(5-7-17)18-12-20(28-10-8-26-3)21(13-19(18)23)29-11-9-27-14-24/h4-7,12-14H,1,8-11H2,2-3H3. The van der Waals surface area contributed by atoms with Crippen LogP contribution in [-0.4, -0.2) is 46.0 Å². The summed E-state index contributed by atoms with van der Waals surface area (Å²) in [5.41, 5.74) is 1.10. The summed E-state index contributed by atoms with van der Waals surface area (Å²) in [5.74, 6) is -0.269. The predicted octanol–water partition coefficient (Wildman–Crippen LogP) is 3.55. The van der Waals surface area contributed by atoms with Crippen molar-refractivity contribution in [2.75, 3.05) is 33.5 Å². The van der Waals surface area contributed by atoms with Gasteiger partial charge in [-0.3, -0.25) is 4.79 Å². The maximum atomic E-state index is 14.8. The van der Waals surface area contributed by atoms with E-state index in [0.717, 1.165) is 0 Å². The Balaban J connectivity index is 2.25. The molecule has 0 aliphatic rings. The fourth-order valence-corrected chi connectivity index (χ4v) is 2.36. The second-order valence-electron chi connectivity index (χ2n) is 6.13. The summed E-state index contributed by atoms with van der Waals surface area (Å²) >= 11 is 0. The third-order valence-corrected chi connectivity index (χ3v) is 3.83. The average molecular weight is 418 g/mol. The third kappa shape index (κ3) is 6.59. The van der Waals surface area contributed by atoms with Crippen LogP contribution in [-0.2, 0) is 19.1 Å². The fraction of sp³-hybridized carbons (Fsp3) is 0.273. The zero-order chi connectivity index (χ0) is 21.9. The van der Waals surface area contributed by atoms with Crippen molar-refractivity contribution in [3.05, 3.63) is 54.4 Å². The normalized spacial score (nSPS) is 10.2. The van der Waals surface area contributed by atoms with E-state index < -0.39 is 11.8 Å². The number of rotatable bonds is 12. The number of carbonyl (C=O) groups excluding carboxylic acids is 2. The maximum Gasteiger partial charge on any atom is 0.338 e. The lowest BCUT2D eigenvalue weighted by Gasteiger charge is -2.15. The molecule has 0 saturated heterocycles. The number of hydrogen-bond donors (Lipinski definition) is 0. The second-order valence-corrected chi connectivity index (χ2v) is 6.13. The Morgan fingerprint density at radius 1 is 1.03 bits per heavy atom. The Hall–Kier alpha value is -3.39. The molecule has 0 amide bonds. The zero-order valence-corrected chi connectivity index (χ0v) is 16.8. The van der Waals surface area contributed by atoms with Crippen LogP contribution in [0.4, 0.5) is 4.39 Å². The molecule has 0 radical (unpaired) electrons. The number of esters is 1. The van der Waals surface area contributed by atoms with Crippen molar-refractivity contribution < 1.29 is 37.7 Å². The van der Waals surface area contributed by atoms with E-state index in [1.807, 2.05) is 0 Å². The largest absolute Gasteiger partial charge is 0.487 e. The van der Waals surface area contributed by atoms with Gasteiger partial charge in [-0.25, -0.2) is 9.18 Å². The van der Waals surface area contributed by atoms with Crippen molar-refractivity contribution in [3.63, 3.8) is 0 Å². The van der Waals surface area contributed by atoms with E-state index in [0.29, 0.717) is 30.1 Å². The van der Waals surface area contributed by atoms with Gasteiger partial charge in [0.1, 0.15) is 31.4 Å². The minimum absolute atomic E-state index is 0.0226. The lowest BCUT2D eigenvalue weighted by Crippen LogP contribution is -2.09. The molecule has 0 unspecified atom stereocenters. The van der Waals surface area contributed by atoms with Crippen molar-refractivity contribution in [1.82, 2.24) is 0 Å². The van der Waals surface area contributed by atoms with E-state index in [1.54, 1.807) is 31.2 Å². The highest BCUT2D eigenvalue weighted by Gasteiger charge is 2.15. The minimum atomic E-state index is -0.539. The van der Waals surface area contributed by atoms with E-state index in [2.05, 4.69) is 11.3 Å². The molecular weight excluding hydrogens is 395 g/mol. The Labute approximate surface area is 174 Å².